The second-order valence-electron chi connectivity index (χ2n) is 4.15. The highest BCUT2D eigenvalue weighted by Crippen LogP contribution is 2.17. The highest BCUT2D eigenvalue weighted by atomic mass is 32.1. The molecule has 0 aromatic carbocycles. The lowest BCUT2D eigenvalue weighted by Gasteiger charge is -2.03. The molecule has 0 aliphatic carbocycles. The zero-order valence-corrected chi connectivity index (χ0v) is 11.7. The topological polar surface area (TPSA) is 55.6 Å². The van der Waals surface area contributed by atoms with Gasteiger partial charge in [-0.3, -0.25) is 0 Å². The summed E-state index contributed by atoms with van der Waals surface area (Å²) in [4.78, 5) is 2.71. The molecule has 0 saturated heterocycles. The first-order valence-electron chi connectivity index (χ1n) is 6.36. The molecule has 2 rings (SSSR count). The van der Waals surface area contributed by atoms with Crippen LogP contribution in [0.2, 0.25) is 0 Å². The largest absolute Gasteiger partial charge is 0.310 e. The molecule has 0 aliphatic heterocycles. The molecule has 0 unspecified atom stereocenters. The molecule has 98 valence electrons. The summed E-state index contributed by atoms with van der Waals surface area (Å²) >= 11 is 1.83. The van der Waals surface area contributed by atoms with Gasteiger partial charge in [0, 0.05) is 9.75 Å². The van der Waals surface area contributed by atoms with Crippen LogP contribution in [0.25, 0.3) is 0 Å². The van der Waals surface area contributed by atoms with Crippen molar-refractivity contribution in [1.82, 2.24) is 25.5 Å². The molecule has 0 radical (unpaired) electrons. The Labute approximate surface area is 111 Å². The van der Waals surface area contributed by atoms with Crippen LogP contribution in [0.15, 0.2) is 12.1 Å². The van der Waals surface area contributed by atoms with Crippen molar-refractivity contribution in [3.63, 3.8) is 0 Å². The summed E-state index contributed by atoms with van der Waals surface area (Å²) in [6.07, 6.45) is 2.21. The van der Waals surface area contributed by atoms with Gasteiger partial charge in [0.1, 0.15) is 0 Å². The predicted molar refractivity (Wildman–Crippen MR) is 72.6 cm³/mol. The number of aryl methyl sites for hydroxylation is 1. The molecule has 5 nitrogen and oxygen atoms in total. The fourth-order valence-corrected chi connectivity index (χ4v) is 2.63. The highest BCUT2D eigenvalue weighted by Gasteiger charge is 2.07. The molecule has 0 spiro atoms. The molecule has 6 heteroatoms. The molecular weight excluding hydrogens is 246 g/mol. The first kappa shape index (κ1) is 13.2. The molecule has 1 N–H and O–H groups in total. The first-order valence-corrected chi connectivity index (χ1v) is 7.18. The number of rotatable bonds is 7. The normalized spacial score (nSPS) is 11.0. The van der Waals surface area contributed by atoms with Crippen LogP contribution in [-0.2, 0) is 19.5 Å². The lowest BCUT2D eigenvalue weighted by molar-refractivity contribution is 0.580. The van der Waals surface area contributed by atoms with E-state index in [2.05, 4.69) is 46.8 Å². The van der Waals surface area contributed by atoms with Gasteiger partial charge in [-0.2, -0.15) is 0 Å². The van der Waals surface area contributed by atoms with Crippen molar-refractivity contribution in [2.24, 2.45) is 0 Å². The molecule has 0 amide bonds. The van der Waals surface area contributed by atoms with Crippen molar-refractivity contribution in [3.8, 4) is 0 Å². The van der Waals surface area contributed by atoms with E-state index in [-0.39, 0.29) is 0 Å². The summed E-state index contributed by atoms with van der Waals surface area (Å²) in [5, 5.41) is 15.2. The van der Waals surface area contributed by atoms with Crippen molar-refractivity contribution >= 4 is 11.3 Å². The van der Waals surface area contributed by atoms with Gasteiger partial charge in [0.25, 0.3) is 0 Å². The Kier molecular flexibility index (Phi) is 4.83. The van der Waals surface area contributed by atoms with Crippen molar-refractivity contribution in [3.05, 3.63) is 27.7 Å². The maximum absolute atomic E-state index is 4.06. The fourth-order valence-electron chi connectivity index (χ4n) is 1.69. The molecule has 0 fully saturated rings. The van der Waals surface area contributed by atoms with Gasteiger partial charge in [-0.05, 0) is 41.9 Å². The minimum atomic E-state index is 0.729. The number of tetrazole rings is 1. The number of thiophene rings is 1. The summed E-state index contributed by atoms with van der Waals surface area (Å²) in [5.74, 6) is 0.898. The van der Waals surface area contributed by atoms with Gasteiger partial charge in [-0.25, -0.2) is 4.68 Å². The minimum Gasteiger partial charge on any atom is -0.310 e. The predicted octanol–water partition coefficient (Wildman–Crippen LogP) is 1.84. The quantitative estimate of drug-likeness (QED) is 0.776. The van der Waals surface area contributed by atoms with Crippen LogP contribution in [0.1, 0.15) is 35.8 Å². The molecule has 0 aliphatic rings. The van der Waals surface area contributed by atoms with Crippen LogP contribution in [0.5, 0.6) is 0 Å². The van der Waals surface area contributed by atoms with Gasteiger partial charge in [0.05, 0.1) is 13.1 Å². The second-order valence-corrected chi connectivity index (χ2v) is 5.40. The van der Waals surface area contributed by atoms with E-state index in [0.717, 1.165) is 38.3 Å². The van der Waals surface area contributed by atoms with E-state index in [9.17, 15) is 0 Å². The maximum Gasteiger partial charge on any atom is 0.165 e. The Morgan fingerprint density at radius 3 is 2.83 bits per heavy atom. The van der Waals surface area contributed by atoms with Gasteiger partial charge >= 0.3 is 0 Å². The number of hydrogen-bond acceptors (Lipinski definition) is 5. The van der Waals surface area contributed by atoms with Crippen molar-refractivity contribution in [1.29, 1.82) is 0 Å². The van der Waals surface area contributed by atoms with Gasteiger partial charge in [0.15, 0.2) is 5.82 Å². The minimum absolute atomic E-state index is 0.729. The van der Waals surface area contributed by atoms with Crippen LogP contribution in [0.4, 0.5) is 0 Å². The molecule has 2 aromatic heterocycles. The average Bonchev–Trinajstić information content (AvgIpc) is 3.00. The summed E-state index contributed by atoms with van der Waals surface area (Å²) in [6.45, 7) is 6.81. The summed E-state index contributed by atoms with van der Waals surface area (Å²) in [6, 6.07) is 4.34. The van der Waals surface area contributed by atoms with Crippen LogP contribution in [-0.4, -0.2) is 26.8 Å². The number of nitrogens with one attached hydrogen (secondary N) is 1. The van der Waals surface area contributed by atoms with Crippen molar-refractivity contribution in [2.75, 3.05) is 6.54 Å². The Balaban J connectivity index is 1.98. The zero-order valence-electron chi connectivity index (χ0n) is 10.9. The monoisotopic (exact) mass is 265 g/mol. The van der Waals surface area contributed by atoms with E-state index < -0.39 is 0 Å². The first-order chi connectivity index (χ1) is 8.83. The number of nitrogens with zero attached hydrogens (tertiary/aromatic N) is 4. The van der Waals surface area contributed by atoms with E-state index in [1.165, 1.54) is 9.75 Å². The van der Waals surface area contributed by atoms with E-state index in [1.54, 1.807) is 0 Å². The smallest absolute Gasteiger partial charge is 0.165 e. The maximum atomic E-state index is 4.06. The van der Waals surface area contributed by atoms with Gasteiger partial charge < -0.3 is 5.32 Å². The van der Waals surface area contributed by atoms with E-state index in [1.807, 2.05) is 16.0 Å². The summed E-state index contributed by atoms with van der Waals surface area (Å²) in [5.41, 5.74) is 0. The Morgan fingerprint density at radius 2 is 2.11 bits per heavy atom. The SMILES string of the molecule is CCCNCc1nnnn1Cc1ccc(CC)s1. The fraction of sp³-hybridized carbons (Fsp3) is 0.583. The van der Waals surface area contributed by atoms with E-state index in [4.69, 9.17) is 0 Å². The third-order valence-electron chi connectivity index (χ3n) is 2.69. The van der Waals surface area contributed by atoms with Crippen LogP contribution in [0.3, 0.4) is 0 Å². The standard InChI is InChI=1S/C12H19N5S/c1-3-7-13-8-12-14-15-16-17(12)9-11-6-5-10(4-2)18-11/h5-6,13H,3-4,7-9H2,1-2H3. The lowest BCUT2D eigenvalue weighted by Crippen LogP contribution is -2.18. The van der Waals surface area contributed by atoms with E-state index in [0.29, 0.717) is 0 Å². The van der Waals surface area contributed by atoms with E-state index >= 15 is 0 Å². The molecule has 18 heavy (non-hydrogen) atoms. The molecular formula is C12H19N5S. The number of aromatic nitrogens is 4. The zero-order chi connectivity index (χ0) is 12.8. The Bertz CT molecular complexity index is 476. The molecule has 0 bridgehead atoms. The third-order valence-corrected chi connectivity index (χ3v) is 3.90. The van der Waals surface area contributed by atoms with Crippen molar-refractivity contribution in [2.45, 2.75) is 39.8 Å². The summed E-state index contributed by atoms with van der Waals surface area (Å²) in [7, 11) is 0. The third kappa shape index (κ3) is 3.36. The molecule has 2 heterocycles. The van der Waals surface area contributed by atoms with Crippen LogP contribution < -0.4 is 5.32 Å². The summed E-state index contributed by atoms with van der Waals surface area (Å²) < 4.78 is 1.87. The van der Waals surface area contributed by atoms with Crippen molar-refractivity contribution < 1.29 is 0 Å². The van der Waals surface area contributed by atoms with Gasteiger partial charge in [-0.1, -0.05) is 13.8 Å². The average molecular weight is 265 g/mol. The second kappa shape index (κ2) is 6.61. The van der Waals surface area contributed by atoms with Gasteiger partial charge in [-0.15, -0.1) is 16.4 Å². The lowest BCUT2D eigenvalue weighted by atomic mass is 10.3. The van der Waals surface area contributed by atoms with Gasteiger partial charge in [0.2, 0.25) is 0 Å². The Morgan fingerprint density at radius 1 is 1.28 bits per heavy atom. The van der Waals surface area contributed by atoms with Crippen LogP contribution in [0, 0.1) is 0 Å². The Hall–Kier alpha value is -1.27. The molecule has 0 saturated carbocycles. The molecule has 0 atom stereocenters. The van der Waals surface area contributed by atoms with Crippen LogP contribution >= 0.6 is 11.3 Å². The molecule has 2 aromatic rings. The number of hydrogen-bond donors (Lipinski definition) is 1. The highest BCUT2D eigenvalue weighted by molar-refractivity contribution is 7.11.